The third-order valence-corrected chi connectivity index (χ3v) is 3.67. The molecule has 0 radical (unpaired) electrons. The summed E-state index contributed by atoms with van der Waals surface area (Å²) in [4.78, 5) is 16.9. The molecule has 2 heterocycles. The molecule has 0 aliphatic heterocycles. The largest absolute Gasteiger partial charge is 0.468 e. The average molecular weight is 276 g/mol. The van der Waals surface area contributed by atoms with E-state index in [0.29, 0.717) is 12.4 Å². The number of pyridine rings is 1. The van der Waals surface area contributed by atoms with Crippen molar-refractivity contribution in [3.63, 3.8) is 0 Å². The number of hydrogen-bond acceptors (Lipinski definition) is 4. The molecule has 2 aromatic rings. The van der Waals surface area contributed by atoms with E-state index in [-0.39, 0.29) is 12.5 Å². The molecular formula is C14H16N2O2S. The molecule has 0 saturated heterocycles. The highest BCUT2D eigenvalue weighted by Crippen LogP contribution is 2.14. The minimum atomic E-state index is -0.143. The fourth-order valence-corrected chi connectivity index (χ4v) is 2.34. The lowest BCUT2D eigenvalue weighted by Gasteiger charge is -2.06. The fourth-order valence-electron chi connectivity index (χ4n) is 1.49. The summed E-state index contributed by atoms with van der Waals surface area (Å²) >= 11 is 1.64. The van der Waals surface area contributed by atoms with Gasteiger partial charge in [0.25, 0.3) is 5.91 Å². The Bertz CT molecular complexity index is 549. The first-order chi connectivity index (χ1) is 9.15. The lowest BCUT2D eigenvalue weighted by molar-refractivity contribution is -0.123. The molecule has 0 aliphatic rings. The lowest BCUT2D eigenvalue weighted by atomic mass is 10.3. The fraction of sp³-hybridized carbons (Fsp3) is 0.286. The molecule has 19 heavy (non-hydrogen) atoms. The Hall–Kier alpha value is -1.88. The van der Waals surface area contributed by atoms with Gasteiger partial charge in [-0.05, 0) is 36.4 Å². The van der Waals surface area contributed by atoms with Crippen LogP contribution in [0.15, 0.2) is 29.8 Å². The van der Waals surface area contributed by atoms with Crippen LogP contribution in [-0.4, -0.2) is 17.5 Å². The summed E-state index contributed by atoms with van der Waals surface area (Å²) in [5.74, 6) is 0.322. The maximum absolute atomic E-state index is 11.6. The average Bonchev–Trinajstić information content (AvgIpc) is 2.81. The number of carbonyl (C=O) groups excluding carboxylic acids is 1. The lowest BCUT2D eigenvalue weighted by Crippen LogP contribution is -2.28. The normalized spacial score (nSPS) is 10.2. The van der Waals surface area contributed by atoms with E-state index in [1.165, 1.54) is 10.4 Å². The number of nitrogens with one attached hydrogen (secondary N) is 1. The van der Waals surface area contributed by atoms with Crippen molar-refractivity contribution in [1.82, 2.24) is 10.3 Å². The number of nitrogens with zero attached hydrogens (tertiary/aromatic N) is 1. The Morgan fingerprint density at radius 1 is 1.37 bits per heavy atom. The molecule has 0 fully saturated rings. The molecule has 0 atom stereocenters. The summed E-state index contributed by atoms with van der Waals surface area (Å²) in [7, 11) is 0. The van der Waals surface area contributed by atoms with Crippen LogP contribution in [0.1, 0.15) is 16.0 Å². The number of amides is 1. The number of thiophene rings is 1. The molecule has 1 amide bonds. The molecule has 5 heteroatoms. The van der Waals surface area contributed by atoms with Crippen molar-refractivity contribution in [2.45, 2.75) is 20.4 Å². The third-order valence-electron chi connectivity index (χ3n) is 2.65. The molecule has 4 nitrogen and oxygen atoms in total. The van der Waals surface area contributed by atoms with Gasteiger partial charge in [0.15, 0.2) is 6.61 Å². The number of carbonyl (C=O) groups is 1. The Morgan fingerprint density at radius 2 is 2.21 bits per heavy atom. The van der Waals surface area contributed by atoms with Crippen LogP contribution in [0.5, 0.6) is 5.88 Å². The van der Waals surface area contributed by atoms with Crippen LogP contribution >= 0.6 is 11.3 Å². The molecule has 0 aliphatic carbocycles. The maximum Gasteiger partial charge on any atom is 0.258 e. The maximum atomic E-state index is 11.6. The summed E-state index contributed by atoms with van der Waals surface area (Å²) < 4.78 is 5.30. The van der Waals surface area contributed by atoms with E-state index >= 15 is 0 Å². The molecular weight excluding hydrogens is 260 g/mol. The highest BCUT2D eigenvalue weighted by Gasteiger charge is 2.05. The molecule has 0 saturated carbocycles. The Morgan fingerprint density at radius 3 is 2.84 bits per heavy atom. The quantitative estimate of drug-likeness (QED) is 0.912. The van der Waals surface area contributed by atoms with Gasteiger partial charge in [-0.15, -0.1) is 11.3 Å². The minimum Gasteiger partial charge on any atom is -0.468 e. The zero-order chi connectivity index (χ0) is 13.7. The predicted octanol–water partition coefficient (Wildman–Crippen LogP) is 2.46. The molecule has 2 aromatic heterocycles. The van der Waals surface area contributed by atoms with Gasteiger partial charge in [-0.25, -0.2) is 4.98 Å². The first kappa shape index (κ1) is 13.5. The van der Waals surface area contributed by atoms with Crippen LogP contribution in [0.25, 0.3) is 0 Å². The monoisotopic (exact) mass is 276 g/mol. The Labute approximate surface area is 116 Å². The van der Waals surface area contributed by atoms with Crippen LogP contribution in [0.2, 0.25) is 0 Å². The van der Waals surface area contributed by atoms with Crippen molar-refractivity contribution < 1.29 is 9.53 Å². The third kappa shape index (κ3) is 4.06. The van der Waals surface area contributed by atoms with Gasteiger partial charge in [0.05, 0.1) is 6.54 Å². The first-order valence-corrected chi connectivity index (χ1v) is 6.88. The number of ether oxygens (including phenoxy) is 1. The summed E-state index contributed by atoms with van der Waals surface area (Å²) in [6.45, 7) is 4.52. The van der Waals surface area contributed by atoms with Crippen molar-refractivity contribution in [2.75, 3.05) is 6.61 Å². The van der Waals surface area contributed by atoms with E-state index in [2.05, 4.69) is 10.3 Å². The van der Waals surface area contributed by atoms with Gasteiger partial charge >= 0.3 is 0 Å². The van der Waals surface area contributed by atoms with E-state index in [1.54, 1.807) is 23.6 Å². The van der Waals surface area contributed by atoms with E-state index < -0.39 is 0 Å². The van der Waals surface area contributed by atoms with Gasteiger partial charge in [0.1, 0.15) is 0 Å². The van der Waals surface area contributed by atoms with Gasteiger partial charge < -0.3 is 10.1 Å². The van der Waals surface area contributed by atoms with Crippen molar-refractivity contribution in [1.29, 1.82) is 0 Å². The van der Waals surface area contributed by atoms with Gasteiger partial charge in [-0.1, -0.05) is 6.07 Å². The highest BCUT2D eigenvalue weighted by molar-refractivity contribution is 7.10. The Kier molecular flexibility index (Phi) is 4.52. The van der Waals surface area contributed by atoms with Gasteiger partial charge in [0.2, 0.25) is 5.88 Å². The second-order valence-corrected chi connectivity index (χ2v) is 5.27. The number of rotatable bonds is 5. The van der Waals surface area contributed by atoms with Gasteiger partial charge in [-0.2, -0.15) is 0 Å². The molecule has 1 N–H and O–H groups in total. The predicted molar refractivity (Wildman–Crippen MR) is 75.4 cm³/mol. The summed E-state index contributed by atoms with van der Waals surface area (Å²) in [5, 5.41) is 4.84. The standard InChI is InChI=1S/C14H16N2O2S/c1-10-3-4-14(16-7-10)18-9-13(17)15-8-12-11(2)5-6-19-12/h3-7H,8-9H2,1-2H3,(H,15,17). The molecule has 100 valence electrons. The van der Waals surface area contributed by atoms with E-state index in [0.717, 1.165) is 5.56 Å². The van der Waals surface area contributed by atoms with Crippen LogP contribution in [0, 0.1) is 13.8 Å². The SMILES string of the molecule is Cc1ccc(OCC(=O)NCc2sccc2C)nc1. The van der Waals surface area contributed by atoms with Crippen molar-refractivity contribution in [3.05, 3.63) is 45.8 Å². The minimum absolute atomic E-state index is 0.0134. The summed E-state index contributed by atoms with van der Waals surface area (Å²) in [6, 6.07) is 5.69. The van der Waals surface area contributed by atoms with Crippen LogP contribution in [0.4, 0.5) is 0 Å². The number of aromatic nitrogens is 1. The Balaban J connectivity index is 1.76. The molecule has 0 unspecified atom stereocenters. The number of aryl methyl sites for hydroxylation is 2. The molecule has 2 rings (SSSR count). The van der Waals surface area contributed by atoms with Crippen LogP contribution in [-0.2, 0) is 11.3 Å². The molecule has 0 spiro atoms. The highest BCUT2D eigenvalue weighted by atomic mass is 32.1. The second kappa shape index (κ2) is 6.33. The number of hydrogen-bond donors (Lipinski definition) is 1. The molecule has 0 bridgehead atoms. The van der Waals surface area contributed by atoms with E-state index in [4.69, 9.17) is 4.74 Å². The first-order valence-electron chi connectivity index (χ1n) is 6.00. The van der Waals surface area contributed by atoms with Crippen LogP contribution < -0.4 is 10.1 Å². The van der Waals surface area contributed by atoms with Crippen molar-refractivity contribution in [2.24, 2.45) is 0 Å². The molecule has 0 aromatic carbocycles. The van der Waals surface area contributed by atoms with Crippen molar-refractivity contribution >= 4 is 17.2 Å². The smallest absolute Gasteiger partial charge is 0.258 e. The van der Waals surface area contributed by atoms with E-state index in [1.807, 2.05) is 31.4 Å². The van der Waals surface area contributed by atoms with Crippen LogP contribution in [0.3, 0.4) is 0 Å². The summed E-state index contributed by atoms with van der Waals surface area (Å²) in [5.41, 5.74) is 2.26. The second-order valence-electron chi connectivity index (χ2n) is 4.27. The van der Waals surface area contributed by atoms with E-state index in [9.17, 15) is 4.79 Å². The topological polar surface area (TPSA) is 51.2 Å². The zero-order valence-corrected chi connectivity index (χ0v) is 11.8. The summed E-state index contributed by atoms with van der Waals surface area (Å²) in [6.07, 6.45) is 1.71. The zero-order valence-electron chi connectivity index (χ0n) is 11.0. The van der Waals surface area contributed by atoms with Gasteiger partial charge in [-0.3, -0.25) is 4.79 Å². The van der Waals surface area contributed by atoms with Crippen molar-refractivity contribution in [3.8, 4) is 5.88 Å². The van der Waals surface area contributed by atoms with Gasteiger partial charge in [0, 0.05) is 17.1 Å².